The highest BCUT2D eigenvalue weighted by molar-refractivity contribution is 6.30. The van der Waals surface area contributed by atoms with Gasteiger partial charge in [0.25, 0.3) is 0 Å². The van der Waals surface area contributed by atoms with Gasteiger partial charge >= 0.3 is 0 Å². The van der Waals surface area contributed by atoms with Gasteiger partial charge in [0.05, 0.1) is 19.3 Å². The van der Waals surface area contributed by atoms with E-state index in [2.05, 4.69) is 0 Å². The molecule has 5 heteroatoms. The van der Waals surface area contributed by atoms with Crippen LogP contribution in [0.4, 0.5) is 0 Å². The molecule has 0 aliphatic carbocycles. The maximum atomic E-state index is 10.2. The quantitative estimate of drug-likeness (QED) is 0.900. The Labute approximate surface area is 120 Å². The number of nitrogens with two attached hydrogens (primary N) is 1. The van der Waals surface area contributed by atoms with E-state index in [-0.39, 0.29) is 17.8 Å². The van der Waals surface area contributed by atoms with E-state index in [1.165, 1.54) is 0 Å². The van der Waals surface area contributed by atoms with Gasteiger partial charge in [-0.05, 0) is 23.6 Å². The van der Waals surface area contributed by atoms with Crippen LogP contribution in [0.2, 0.25) is 5.02 Å². The van der Waals surface area contributed by atoms with Crippen molar-refractivity contribution >= 4 is 24.0 Å². The molecule has 3 N–H and O–H groups in total. The Morgan fingerprint density at radius 1 is 1.33 bits per heavy atom. The Balaban J connectivity index is 0.00000289. The van der Waals surface area contributed by atoms with Crippen LogP contribution in [0.15, 0.2) is 18.2 Å². The van der Waals surface area contributed by atoms with Gasteiger partial charge in [-0.25, -0.2) is 0 Å². The van der Waals surface area contributed by atoms with Crippen LogP contribution in [-0.4, -0.2) is 18.3 Å². The van der Waals surface area contributed by atoms with Crippen LogP contribution in [0.3, 0.4) is 0 Å². The first-order chi connectivity index (χ1) is 7.77. The van der Waals surface area contributed by atoms with Gasteiger partial charge < -0.3 is 15.6 Å². The van der Waals surface area contributed by atoms with Crippen molar-refractivity contribution in [2.24, 2.45) is 11.1 Å². The first-order valence-corrected chi connectivity index (χ1v) is 5.92. The van der Waals surface area contributed by atoms with Crippen molar-refractivity contribution < 1.29 is 9.84 Å². The molecule has 0 saturated heterocycles. The van der Waals surface area contributed by atoms with E-state index >= 15 is 0 Å². The molecular formula is C13H21Cl2NO2. The number of aliphatic hydroxyl groups is 1. The van der Waals surface area contributed by atoms with Crippen LogP contribution < -0.4 is 10.5 Å². The van der Waals surface area contributed by atoms with Gasteiger partial charge in [0.2, 0.25) is 0 Å². The molecule has 1 rings (SSSR count). The average Bonchev–Trinajstić information content (AvgIpc) is 2.25. The average molecular weight is 294 g/mol. The highest BCUT2D eigenvalue weighted by Crippen LogP contribution is 2.34. The van der Waals surface area contributed by atoms with Crippen LogP contribution >= 0.6 is 24.0 Å². The summed E-state index contributed by atoms with van der Waals surface area (Å²) in [5.74, 6) is 0.644. The van der Waals surface area contributed by atoms with E-state index in [0.717, 1.165) is 5.56 Å². The predicted molar refractivity (Wildman–Crippen MR) is 77.6 cm³/mol. The Hall–Kier alpha value is -0.480. The summed E-state index contributed by atoms with van der Waals surface area (Å²) in [5.41, 5.74) is 6.51. The van der Waals surface area contributed by atoms with Crippen molar-refractivity contribution in [2.45, 2.75) is 32.9 Å². The largest absolute Gasteiger partial charge is 0.496 e. The summed E-state index contributed by atoms with van der Waals surface area (Å²) in [6.45, 7) is 5.82. The molecule has 2 atom stereocenters. The number of aliphatic hydroxyl groups excluding tert-OH is 1. The lowest BCUT2D eigenvalue weighted by molar-refractivity contribution is 0.0394. The standard InChI is InChI=1S/C13H20ClNO2.ClH/c1-13(2,3)12(16)11(15)9-7-8(14)5-6-10(9)17-4;/h5-7,11-12,16H,15H2,1-4H3;1H/t11-,12-;/m0./s1. The third kappa shape index (κ3) is 4.02. The number of hydrogen-bond donors (Lipinski definition) is 2. The number of benzene rings is 1. The summed E-state index contributed by atoms with van der Waals surface area (Å²) in [6, 6.07) is 4.70. The minimum absolute atomic E-state index is 0. The van der Waals surface area contributed by atoms with E-state index in [9.17, 15) is 5.11 Å². The van der Waals surface area contributed by atoms with E-state index in [0.29, 0.717) is 10.8 Å². The molecule has 1 aromatic rings. The third-order valence-corrected chi connectivity index (χ3v) is 3.01. The molecule has 0 fully saturated rings. The minimum atomic E-state index is -0.671. The fourth-order valence-corrected chi connectivity index (χ4v) is 1.85. The molecule has 0 bridgehead atoms. The fraction of sp³-hybridized carbons (Fsp3) is 0.538. The Kier molecular flexibility index (Phi) is 6.44. The lowest BCUT2D eigenvalue weighted by Crippen LogP contribution is -2.37. The van der Waals surface area contributed by atoms with Crippen molar-refractivity contribution in [2.75, 3.05) is 7.11 Å². The minimum Gasteiger partial charge on any atom is -0.496 e. The van der Waals surface area contributed by atoms with Gasteiger partial charge in [-0.1, -0.05) is 32.4 Å². The van der Waals surface area contributed by atoms with Crippen LogP contribution in [0.1, 0.15) is 32.4 Å². The van der Waals surface area contributed by atoms with E-state index < -0.39 is 12.1 Å². The smallest absolute Gasteiger partial charge is 0.123 e. The molecule has 0 aliphatic rings. The van der Waals surface area contributed by atoms with Crippen LogP contribution in [0, 0.1) is 5.41 Å². The number of hydrogen-bond acceptors (Lipinski definition) is 3. The predicted octanol–water partition coefficient (Wildman–Crippen LogP) is 3.18. The summed E-state index contributed by atoms with van der Waals surface area (Å²) >= 11 is 5.94. The van der Waals surface area contributed by atoms with Crippen LogP contribution in [-0.2, 0) is 0 Å². The van der Waals surface area contributed by atoms with Gasteiger partial charge in [-0.15, -0.1) is 12.4 Å². The molecular weight excluding hydrogens is 273 g/mol. The van der Waals surface area contributed by atoms with E-state index in [1.54, 1.807) is 25.3 Å². The molecule has 104 valence electrons. The Bertz CT molecular complexity index is 391. The van der Waals surface area contributed by atoms with Crippen molar-refractivity contribution in [3.8, 4) is 5.75 Å². The topological polar surface area (TPSA) is 55.5 Å². The number of methoxy groups -OCH3 is 1. The molecule has 0 aliphatic heterocycles. The summed E-state index contributed by atoms with van der Waals surface area (Å²) < 4.78 is 5.23. The second-order valence-corrected chi connectivity index (χ2v) is 5.66. The second-order valence-electron chi connectivity index (χ2n) is 5.22. The molecule has 0 amide bonds. The zero-order valence-electron chi connectivity index (χ0n) is 11.1. The van der Waals surface area contributed by atoms with Gasteiger partial charge in [0, 0.05) is 10.6 Å². The number of ether oxygens (including phenoxy) is 1. The highest BCUT2D eigenvalue weighted by atomic mass is 35.5. The van der Waals surface area contributed by atoms with Crippen molar-refractivity contribution in [3.05, 3.63) is 28.8 Å². The van der Waals surface area contributed by atoms with Gasteiger partial charge in [-0.3, -0.25) is 0 Å². The molecule has 1 aromatic carbocycles. The van der Waals surface area contributed by atoms with Crippen LogP contribution in [0.25, 0.3) is 0 Å². The first kappa shape index (κ1) is 17.5. The molecule has 0 saturated carbocycles. The van der Waals surface area contributed by atoms with Crippen molar-refractivity contribution in [1.29, 1.82) is 0 Å². The Morgan fingerprint density at radius 3 is 2.33 bits per heavy atom. The molecule has 0 spiro atoms. The third-order valence-electron chi connectivity index (χ3n) is 2.78. The summed E-state index contributed by atoms with van der Waals surface area (Å²) in [4.78, 5) is 0. The zero-order valence-corrected chi connectivity index (χ0v) is 12.7. The monoisotopic (exact) mass is 293 g/mol. The van der Waals surface area contributed by atoms with E-state index in [4.69, 9.17) is 22.1 Å². The zero-order chi connectivity index (χ0) is 13.2. The van der Waals surface area contributed by atoms with Gasteiger partial charge in [0.15, 0.2) is 0 Å². The molecule has 0 aromatic heterocycles. The lowest BCUT2D eigenvalue weighted by atomic mass is 9.82. The molecule has 0 radical (unpaired) electrons. The fourth-order valence-electron chi connectivity index (χ4n) is 1.67. The summed E-state index contributed by atoms with van der Waals surface area (Å²) in [5, 5.41) is 10.8. The first-order valence-electron chi connectivity index (χ1n) is 5.54. The summed E-state index contributed by atoms with van der Waals surface area (Å²) in [7, 11) is 1.57. The van der Waals surface area contributed by atoms with Gasteiger partial charge in [-0.2, -0.15) is 0 Å². The second kappa shape index (κ2) is 6.62. The van der Waals surface area contributed by atoms with Crippen molar-refractivity contribution in [1.82, 2.24) is 0 Å². The maximum absolute atomic E-state index is 10.2. The SMILES string of the molecule is COc1ccc(Cl)cc1[C@H](N)[C@H](O)C(C)(C)C.Cl. The van der Waals surface area contributed by atoms with Crippen LogP contribution in [0.5, 0.6) is 5.75 Å². The molecule has 3 nitrogen and oxygen atoms in total. The molecule has 0 unspecified atom stereocenters. The lowest BCUT2D eigenvalue weighted by Gasteiger charge is -2.31. The van der Waals surface area contributed by atoms with E-state index in [1.807, 2.05) is 20.8 Å². The summed E-state index contributed by atoms with van der Waals surface area (Å²) in [6.07, 6.45) is -0.671. The molecule has 0 heterocycles. The number of rotatable bonds is 3. The normalized spacial score (nSPS) is 14.6. The Morgan fingerprint density at radius 2 is 1.89 bits per heavy atom. The molecule has 18 heavy (non-hydrogen) atoms. The number of halogens is 2. The highest BCUT2D eigenvalue weighted by Gasteiger charge is 2.30. The van der Waals surface area contributed by atoms with Gasteiger partial charge in [0.1, 0.15) is 5.75 Å². The maximum Gasteiger partial charge on any atom is 0.123 e. The van der Waals surface area contributed by atoms with Crippen molar-refractivity contribution in [3.63, 3.8) is 0 Å².